The van der Waals surface area contributed by atoms with Gasteiger partial charge in [0.05, 0.1) is 0 Å². The first-order valence-corrected chi connectivity index (χ1v) is 8.81. The molecule has 1 aliphatic carbocycles. The molecule has 1 saturated carbocycles. The number of ether oxygens (including phenoxy) is 1. The summed E-state index contributed by atoms with van der Waals surface area (Å²) in [6, 6.07) is 6.47. The van der Waals surface area contributed by atoms with E-state index in [2.05, 4.69) is 26.0 Å². The Hall–Kier alpha value is -1.55. The van der Waals surface area contributed by atoms with Crippen molar-refractivity contribution in [2.45, 2.75) is 58.1 Å². The Balaban J connectivity index is 1.50. The molecule has 1 heterocycles. The van der Waals surface area contributed by atoms with Crippen molar-refractivity contribution in [3.8, 4) is 5.75 Å². The largest absolute Gasteiger partial charge is 0.490 e. The Morgan fingerprint density at radius 3 is 2.48 bits per heavy atom. The third-order valence-electron chi connectivity index (χ3n) is 5.36. The molecule has 1 aliphatic heterocycles. The molecule has 0 radical (unpaired) electrons. The molecular weight excluding hydrogens is 288 g/mol. The van der Waals surface area contributed by atoms with E-state index in [1.54, 1.807) is 0 Å². The molecule has 0 spiro atoms. The van der Waals surface area contributed by atoms with Crippen molar-refractivity contribution in [1.29, 1.82) is 0 Å². The minimum atomic E-state index is 0.155. The predicted molar refractivity (Wildman–Crippen MR) is 91.5 cm³/mol. The summed E-state index contributed by atoms with van der Waals surface area (Å²) in [6.45, 7) is 5.83. The molecule has 0 bridgehead atoms. The number of hydrogen-bond acceptors (Lipinski definition) is 3. The third kappa shape index (κ3) is 3.86. The third-order valence-corrected chi connectivity index (χ3v) is 5.36. The van der Waals surface area contributed by atoms with Crippen molar-refractivity contribution in [1.82, 2.24) is 4.90 Å². The molecule has 2 aliphatic rings. The first-order chi connectivity index (χ1) is 11.0. The molecule has 4 nitrogen and oxygen atoms in total. The van der Waals surface area contributed by atoms with E-state index in [9.17, 15) is 4.79 Å². The van der Waals surface area contributed by atoms with Crippen LogP contribution >= 0.6 is 0 Å². The minimum Gasteiger partial charge on any atom is -0.490 e. The van der Waals surface area contributed by atoms with Gasteiger partial charge in [-0.3, -0.25) is 4.79 Å². The van der Waals surface area contributed by atoms with Gasteiger partial charge >= 0.3 is 0 Å². The molecule has 4 heteroatoms. The molecule has 2 N–H and O–H groups in total. The summed E-state index contributed by atoms with van der Waals surface area (Å²) >= 11 is 0. The molecule has 1 saturated heterocycles. The van der Waals surface area contributed by atoms with Crippen LogP contribution < -0.4 is 10.5 Å². The summed E-state index contributed by atoms with van der Waals surface area (Å²) in [5, 5.41) is 0. The maximum absolute atomic E-state index is 12.5. The van der Waals surface area contributed by atoms with Crippen LogP contribution in [0.25, 0.3) is 0 Å². The average molecular weight is 316 g/mol. The van der Waals surface area contributed by atoms with E-state index in [-0.39, 0.29) is 18.1 Å². The van der Waals surface area contributed by atoms with E-state index < -0.39 is 0 Å². The number of benzene rings is 1. The number of likely N-dealkylation sites (tertiary alicyclic amines) is 1. The Bertz CT molecular complexity index is 564. The lowest BCUT2D eigenvalue weighted by atomic mass is 10.0. The average Bonchev–Trinajstić information content (AvgIpc) is 2.97. The van der Waals surface area contributed by atoms with Gasteiger partial charge in [0.25, 0.3) is 0 Å². The molecule has 1 aromatic rings. The van der Waals surface area contributed by atoms with Gasteiger partial charge in [0, 0.05) is 37.9 Å². The maximum Gasteiger partial charge on any atom is 0.225 e. The number of carbonyl (C=O) groups excluding carboxylic acids is 1. The van der Waals surface area contributed by atoms with Gasteiger partial charge in [-0.1, -0.05) is 6.07 Å². The molecule has 1 aromatic carbocycles. The quantitative estimate of drug-likeness (QED) is 0.933. The fourth-order valence-electron chi connectivity index (χ4n) is 3.67. The van der Waals surface area contributed by atoms with E-state index in [1.807, 2.05) is 11.0 Å². The molecule has 2 atom stereocenters. The number of hydrogen-bond donors (Lipinski definition) is 1. The zero-order valence-electron chi connectivity index (χ0n) is 14.3. The molecule has 126 valence electrons. The highest BCUT2D eigenvalue weighted by Crippen LogP contribution is 2.28. The maximum atomic E-state index is 12.5. The van der Waals surface area contributed by atoms with Gasteiger partial charge in [0.1, 0.15) is 11.9 Å². The molecule has 2 fully saturated rings. The van der Waals surface area contributed by atoms with Crippen LogP contribution in [-0.2, 0) is 4.79 Å². The van der Waals surface area contributed by atoms with Gasteiger partial charge in [-0.05, 0) is 56.4 Å². The summed E-state index contributed by atoms with van der Waals surface area (Å²) in [5.74, 6) is 1.41. The van der Waals surface area contributed by atoms with Gasteiger partial charge in [0.2, 0.25) is 5.91 Å². The summed E-state index contributed by atoms with van der Waals surface area (Å²) in [7, 11) is 0. The van der Waals surface area contributed by atoms with Crippen molar-refractivity contribution in [3.63, 3.8) is 0 Å². The van der Waals surface area contributed by atoms with Crippen molar-refractivity contribution in [3.05, 3.63) is 29.3 Å². The number of carbonyl (C=O) groups is 1. The summed E-state index contributed by atoms with van der Waals surface area (Å²) in [6.07, 6.45) is 4.85. The standard InChI is InChI=1S/C19H28N2O2/c1-13-3-6-18(11-14(13)2)23-17-7-9-21(10-8-17)19(22)15-4-5-16(20)12-15/h3,6,11,15-17H,4-5,7-10,12,20H2,1-2H3. The topological polar surface area (TPSA) is 55.6 Å². The van der Waals surface area contributed by atoms with Crippen LogP contribution in [0.5, 0.6) is 5.75 Å². The van der Waals surface area contributed by atoms with E-state index in [0.717, 1.165) is 50.9 Å². The monoisotopic (exact) mass is 316 g/mol. The number of nitrogens with zero attached hydrogens (tertiary/aromatic N) is 1. The van der Waals surface area contributed by atoms with E-state index >= 15 is 0 Å². The summed E-state index contributed by atoms with van der Waals surface area (Å²) < 4.78 is 6.10. The van der Waals surface area contributed by atoms with Gasteiger partial charge in [-0.25, -0.2) is 0 Å². The van der Waals surface area contributed by atoms with Crippen molar-refractivity contribution in [2.24, 2.45) is 11.7 Å². The molecule has 2 unspecified atom stereocenters. The van der Waals surface area contributed by atoms with Gasteiger partial charge in [-0.2, -0.15) is 0 Å². The number of amides is 1. The zero-order valence-corrected chi connectivity index (χ0v) is 14.3. The highest BCUT2D eigenvalue weighted by atomic mass is 16.5. The number of piperidine rings is 1. The SMILES string of the molecule is Cc1ccc(OC2CCN(C(=O)C3CCC(N)C3)CC2)cc1C. The van der Waals surface area contributed by atoms with Crippen LogP contribution in [0.3, 0.4) is 0 Å². The summed E-state index contributed by atoms with van der Waals surface area (Å²) in [4.78, 5) is 14.5. The van der Waals surface area contributed by atoms with Crippen molar-refractivity contribution in [2.75, 3.05) is 13.1 Å². The Kier molecular flexibility index (Phi) is 4.90. The smallest absolute Gasteiger partial charge is 0.225 e. The second kappa shape index (κ2) is 6.91. The molecular formula is C19H28N2O2. The van der Waals surface area contributed by atoms with Crippen LogP contribution in [0.1, 0.15) is 43.2 Å². The lowest BCUT2D eigenvalue weighted by molar-refractivity contribution is -0.137. The second-order valence-electron chi connectivity index (χ2n) is 7.16. The first kappa shape index (κ1) is 16.3. The fourth-order valence-corrected chi connectivity index (χ4v) is 3.67. The van der Waals surface area contributed by atoms with Crippen LogP contribution in [0.15, 0.2) is 18.2 Å². The van der Waals surface area contributed by atoms with Crippen molar-refractivity contribution < 1.29 is 9.53 Å². The zero-order chi connectivity index (χ0) is 16.4. The van der Waals surface area contributed by atoms with Gasteiger partial charge in [-0.15, -0.1) is 0 Å². The number of aryl methyl sites for hydroxylation is 2. The van der Waals surface area contributed by atoms with Crippen molar-refractivity contribution >= 4 is 5.91 Å². The Labute approximate surface area is 139 Å². The highest BCUT2D eigenvalue weighted by Gasteiger charge is 2.33. The normalized spacial score (nSPS) is 25.6. The van der Waals surface area contributed by atoms with Gasteiger partial charge in [0.15, 0.2) is 0 Å². The van der Waals surface area contributed by atoms with Gasteiger partial charge < -0.3 is 15.4 Å². The minimum absolute atomic E-state index is 0.155. The van der Waals surface area contributed by atoms with Crippen LogP contribution in [0, 0.1) is 19.8 Å². The second-order valence-corrected chi connectivity index (χ2v) is 7.16. The van der Waals surface area contributed by atoms with E-state index in [0.29, 0.717) is 5.91 Å². The summed E-state index contributed by atoms with van der Waals surface area (Å²) in [5.41, 5.74) is 8.47. The molecule has 3 rings (SSSR count). The lowest BCUT2D eigenvalue weighted by Crippen LogP contribution is -2.44. The molecule has 0 aromatic heterocycles. The fraction of sp³-hybridized carbons (Fsp3) is 0.632. The molecule has 1 amide bonds. The Morgan fingerprint density at radius 2 is 1.87 bits per heavy atom. The first-order valence-electron chi connectivity index (χ1n) is 8.81. The molecule has 23 heavy (non-hydrogen) atoms. The number of nitrogens with two attached hydrogens (primary N) is 1. The predicted octanol–water partition coefficient (Wildman–Crippen LogP) is 2.80. The van der Waals surface area contributed by atoms with E-state index in [1.165, 1.54) is 11.1 Å². The number of rotatable bonds is 3. The van der Waals surface area contributed by atoms with Crippen LogP contribution in [0.4, 0.5) is 0 Å². The Morgan fingerprint density at radius 1 is 1.13 bits per heavy atom. The highest BCUT2D eigenvalue weighted by molar-refractivity contribution is 5.79. The lowest BCUT2D eigenvalue weighted by Gasteiger charge is -2.33. The van der Waals surface area contributed by atoms with Crippen LogP contribution in [0.2, 0.25) is 0 Å². The van der Waals surface area contributed by atoms with E-state index in [4.69, 9.17) is 10.5 Å². The van der Waals surface area contributed by atoms with Crippen LogP contribution in [-0.4, -0.2) is 36.0 Å².